The number of nitrogens with one attached hydrogen (secondary N) is 1. The molecule has 0 fully saturated rings. The average molecular weight is 462 g/mol. The summed E-state index contributed by atoms with van der Waals surface area (Å²) < 4.78 is 6.66. The van der Waals surface area contributed by atoms with Crippen molar-refractivity contribution in [1.82, 2.24) is 9.55 Å². The van der Waals surface area contributed by atoms with Crippen LogP contribution in [-0.4, -0.2) is 28.0 Å². The first-order chi connectivity index (χ1) is 16.0. The van der Waals surface area contributed by atoms with E-state index in [0.717, 1.165) is 12.0 Å². The standard InChI is InChI=1S/C25H23N3O4S/c1-3-13-32-25(31)18-9-11-19(12-10-18)27-22(29)21-16(2)20-23(33-21)26-15-28(24(20)30)14-17-7-5-4-6-8-17/h4-12,15H,3,13-14H2,1-2H3,(H,27,29). The van der Waals surface area contributed by atoms with Crippen LogP contribution >= 0.6 is 11.3 Å². The van der Waals surface area contributed by atoms with Gasteiger partial charge in [0.2, 0.25) is 0 Å². The second-order valence-corrected chi connectivity index (χ2v) is 8.57. The van der Waals surface area contributed by atoms with Crippen molar-refractivity contribution in [1.29, 1.82) is 0 Å². The molecular formula is C25H23N3O4S. The summed E-state index contributed by atoms with van der Waals surface area (Å²) in [4.78, 5) is 43.3. The molecule has 0 atom stereocenters. The lowest BCUT2D eigenvalue weighted by Crippen LogP contribution is -2.21. The highest BCUT2D eigenvalue weighted by molar-refractivity contribution is 7.20. The van der Waals surface area contributed by atoms with Gasteiger partial charge in [0.05, 0.1) is 35.3 Å². The molecule has 7 nitrogen and oxygen atoms in total. The third-order valence-electron chi connectivity index (χ3n) is 5.14. The smallest absolute Gasteiger partial charge is 0.338 e. The van der Waals surface area contributed by atoms with Gasteiger partial charge in [-0.05, 0) is 48.7 Å². The van der Waals surface area contributed by atoms with Gasteiger partial charge in [0.25, 0.3) is 11.5 Å². The fraction of sp³-hybridized carbons (Fsp3) is 0.200. The van der Waals surface area contributed by atoms with Gasteiger partial charge in [-0.2, -0.15) is 0 Å². The number of hydrogen-bond acceptors (Lipinski definition) is 6. The van der Waals surface area contributed by atoms with Crippen molar-refractivity contribution in [2.45, 2.75) is 26.8 Å². The number of aromatic nitrogens is 2. The number of carbonyl (C=O) groups is 2. The SMILES string of the molecule is CCCOC(=O)c1ccc(NC(=O)c2sc3ncn(Cc4ccccc4)c(=O)c3c2C)cc1. The Bertz CT molecular complexity index is 1360. The van der Waals surface area contributed by atoms with Crippen molar-refractivity contribution >= 4 is 39.1 Å². The van der Waals surface area contributed by atoms with Crippen LogP contribution in [0, 0.1) is 6.92 Å². The zero-order chi connectivity index (χ0) is 23.4. The van der Waals surface area contributed by atoms with Gasteiger partial charge in [-0.3, -0.25) is 14.2 Å². The summed E-state index contributed by atoms with van der Waals surface area (Å²) >= 11 is 1.19. The Kier molecular flexibility index (Phi) is 6.65. The van der Waals surface area contributed by atoms with E-state index in [4.69, 9.17) is 4.74 Å². The molecule has 2 aromatic carbocycles. The van der Waals surface area contributed by atoms with Gasteiger partial charge in [0, 0.05) is 5.69 Å². The number of ether oxygens (including phenoxy) is 1. The van der Waals surface area contributed by atoms with Crippen LogP contribution in [0.2, 0.25) is 0 Å². The Hall–Kier alpha value is -3.78. The Morgan fingerprint density at radius 3 is 2.52 bits per heavy atom. The van der Waals surface area contributed by atoms with E-state index in [-0.39, 0.29) is 11.5 Å². The molecule has 4 rings (SSSR count). The van der Waals surface area contributed by atoms with E-state index in [0.29, 0.717) is 45.1 Å². The molecule has 2 aromatic heterocycles. The fourth-order valence-corrected chi connectivity index (χ4v) is 4.46. The largest absolute Gasteiger partial charge is 0.462 e. The van der Waals surface area contributed by atoms with Crippen molar-refractivity contribution in [3.05, 3.63) is 92.8 Å². The highest BCUT2D eigenvalue weighted by Gasteiger charge is 2.20. The molecule has 0 aliphatic rings. The minimum atomic E-state index is -0.395. The molecule has 1 N–H and O–H groups in total. The summed E-state index contributed by atoms with van der Waals surface area (Å²) in [6, 6.07) is 16.2. The van der Waals surface area contributed by atoms with E-state index >= 15 is 0 Å². The highest BCUT2D eigenvalue weighted by Crippen LogP contribution is 2.27. The van der Waals surface area contributed by atoms with Crippen LogP contribution in [0.15, 0.2) is 65.7 Å². The lowest BCUT2D eigenvalue weighted by molar-refractivity contribution is 0.0505. The Labute approximate surface area is 194 Å². The van der Waals surface area contributed by atoms with Gasteiger partial charge in [0.15, 0.2) is 0 Å². The minimum Gasteiger partial charge on any atom is -0.462 e. The molecule has 1 amide bonds. The van der Waals surface area contributed by atoms with Crippen molar-refractivity contribution in [2.24, 2.45) is 0 Å². The summed E-state index contributed by atoms with van der Waals surface area (Å²) in [5.74, 6) is -0.723. The number of rotatable bonds is 7. The summed E-state index contributed by atoms with van der Waals surface area (Å²) in [6.45, 7) is 4.46. The Balaban J connectivity index is 1.55. The predicted octanol–water partition coefficient (Wildman–Crippen LogP) is 4.63. The number of nitrogens with zero attached hydrogens (tertiary/aromatic N) is 2. The molecule has 0 saturated carbocycles. The van der Waals surface area contributed by atoms with Crippen LogP contribution in [0.25, 0.3) is 10.2 Å². The summed E-state index contributed by atoms with van der Waals surface area (Å²) in [7, 11) is 0. The topological polar surface area (TPSA) is 90.3 Å². The number of hydrogen-bond donors (Lipinski definition) is 1. The molecule has 2 heterocycles. The maximum Gasteiger partial charge on any atom is 0.338 e. The maximum absolute atomic E-state index is 13.1. The molecule has 0 saturated heterocycles. The number of fused-ring (bicyclic) bond motifs is 1. The number of anilines is 1. The normalized spacial score (nSPS) is 10.8. The molecule has 168 valence electrons. The zero-order valence-corrected chi connectivity index (χ0v) is 19.1. The Morgan fingerprint density at radius 2 is 1.82 bits per heavy atom. The van der Waals surface area contributed by atoms with Crippen LogP contribution in [-0.2, 0) is 11.3 Å². The lowest BCUT2D eigenvalue weighted by Gasteiger charge is -2.07. The van der Waals surface area contributed by atoms with E-state index < -0.39 is 5.97 Å². The summed E-state index contributed by atoms with van der Waals surface area (Å²) in [6.07, 6.45) is 2.27. The second kappa shape index (κ2) is 9.79. The maximum atomic E-state index is 13.1. The molecule has 8 heteroatoms. The van der Waals surface area contributed by atoms with Gasteiger partial charge >= 0.3 is 5.97 Å². The van der Waals surface area contributed by atoms with E-state index in [9.17, 15) is 14.4 Å². The van der Waals surface area contributed by atoms with Gasteiger partial charge in [-0.1, -0.05) is 37.3 Å². The summed E-state index contributed by atoms with van der Waals surface area (Å²) in [5, 5.41) is 3.28. The van der Waals surface area contributed by atoms with Crippen LogP contribution in [0.1, 0.15) is 44.5 Å². The van der Waals surface area contributed by atoms with E-state index in [1.165, 1.54) is 17.7 Å². The van der Waals surface area contributed by atoms with Crippen molar-refractivity contribution < 1.29 is 14.3 Å². The van der Waals surface area contributed by atoms with E-state index in [1.54, 1.807) is 35.8 Å². The number of aryl methyl sites for hydroxylation is 1. The van der Waals surface area contributed by atoms with Gasteiger partial charge in [-0.25, -0.2) is 9.78 Å². The first-order valence-corrected chi connectivity index (χ1v) is 11.4. The molecule has 0 bridgehead atoms. The van der Waals surface area contributed by atoms with Crippen molar-refractivity contribution in [3.8, 4) is 0 Å². The first kappa shape index (κ1) is 22.4. The van der Waals surface area contributed by atoms with Crippen molar-refractivity contribution in [2.75, 3.05) is 11.9 Å². The van der Waals surface area contributed by atoms with Crippen LogP contribution in [0.4, 0.5) is 5.69 Å². The number of amides is 1. The third-order valence-corrected chi connectivity index (χ3v) is 6.33. The van der Waals surface area contributed by atoms with E-state index in [1.807, 2.05) is 37.3 Å². The average Bonchev–Trinajstić information content (AvgIpc) is 3.17. The molecule has 0 spiro atoms. The number of esters is 1. The van der Waals surface area contributed by atoms with Gasteiger partial charge in [0.1, 0.15) is 4.83 Å². The molecular weight excluding hydrogens is 438 g/mol. The molecule has 33 heavy (non-hydrogen) atoms. The first-order valence-electron chi connectivity index (χ1n) is 10.6. The Morgan fingerprint density at radius 1 is 1.09 bits per heavy atom. The van der Waals surface area contributed by atoms with Gasteiger partial charge < -0.3 is 10.1 Å². The lowest BCUT2D eigenvalue weighted by atomic mass is 10.2. The van der Waals surface area contributed by atoms with E-state index in [2.05, 4.69) is 10.3 Å². The summed E-state index contributed by atoms with van der Waals surface area (Å²) in [5.41, 5.74) is 2.38. The van der Waals surface area contributed by atoms with Crippen molar-refractivity contribution in [3.63, 3.8) is 0 Å². The third kappa shape index (κ3) is 4.85. The quantitative estimate of drug-likeness (QED) is 0.405. The molecule has 4 aromatic rings. The molecule has 0 aliphatic carbocycles. The molecule has 0 unspecified atom stereocenters. The molecule has 0 aliphatic heterocycles. The fourth-order valence-electron chi connectivity index (χ4n) is 3.42. The second-order valence-electron chi connectivity index (χ2n) is 7.57. The number of benzene rings is 2. The van der Waals surface area contributed by atoms with Crippen LogP contribution < -0.4 is 10.9 Å². The van der Waals surface area contributed by atoms with Gasteiger partial charge in [-0.15, -0.1) is 11.3 Å². The zero-order valence-electron chi connectivity index (χ0n) is 18.3. The van der Waals surface area contributed by atoms with Crippen LogP contribution in [0.3, 0.4) is 0 Å². The highest BCUT2D eigenvalue weighted by atomic mass is 32.1. The molecule has 0 radical (unpaired) electrons. The number of thiophene rings is 1. The van der Waals surface area contributed by atoms with Crippen LogP contribution in [0.5, 0.6) is 0 Å². The monoisotopic (exact) mass is 461 g/mol. The predicted molar refractivity (Wildman–Crippen MR) is 129 cm³/mol. The number of carbonyl (C=O) groups excluding carboxylic acids is 2. The minimum absolute atomic E-state index is 0.174.